The molecule has 0 spiro atoms. The SMILES string of the molecule is CCOc1cc(C(=O)NCC2=CCNCC2)cc(OCC)c1OCC. The summed E-state index contributed by atoms with van der Waals surface area (Å²) in [5, 5.41) is 6.23. The molecule has 0 saturated carbocycles. The fourth-order valence-electron chi connectivity index (χ4n) is 2.65. The molecule has 0 radical (unpaired) electrons. The lowest BCUT2D eigenvalue weighted by Crippen LogP contribution is -2.29. The zero-order chi connectivity index (χ0) is 18.1. The summed E-state index contributed by atoms with van der Waals surface area (Å²) in [6.07, 6.45) is 3.08. The van der Waals surface area contributed by atoms with E-state index < -0.39 is 0 Å². The van der Waals surface area contributed by atoms with Crippen molar-refractivity contribution >= 4 is 5.91 Å². The average Bonchev–Trinajstić information content (AvgIpc) is 2.63. The van der Waals surface area contributed by atoms with Gasteiger partial charge in [0, 0.05) is 18.7 Å². The third kappa shape index (κ3) is 5.39. The van der Waals surface area contributed by atoms with E-state index in [1.807, 2.05) is 20.8 Å². The van der Waals surface area contributed by atoms with Crippen LogP contribution in [0.5, 0.6) is 17.2 Å². The first-order valence-electron chi connectivity index (χ1n) is 8.92. The molecule has 0 atom stereocenters. The summed E-state index contributed by atoms with van der Waals surface area (Å²) < 4.78 is 17.0. The Morgan fingerprint density at radius 1 is 1.08 bits per heavy atom. The first-order valence-corrected chi connectivity index (χ1v) is 8.92. The minimum Gasteiger partial charge on any atom is -0.490 e. The maximum atomic E-state index is 12.6. The van der Waals surface area contributed by atoms with Crippen LogP contribution in [0.15, 0.2) is 23.8 Å². The van der Waals surface area contributed by atoms with Crippen molar-refractivity contribution in [2.75, 3.05) is 39.5 Å². The Hall–Kier alpha value is -2.21. The third-order valence-electron chi connectivity index (χ3n) is 3.81. The van der Waals surface area contributed by atoms with E-state index in [1.54, 1.807) is 12.1 Å². The predicted molar refractivity (Wildman–Crippen MR) is 97.9 cm³/mol. The Bertz CT molecular complexity index is 586. The number of benzene rings is 1. The molecule has 1 amide bonds. The molecule has 2 N–H and O–H groups in total. The number of nitrogens with one attached hydrogen (secondary N) is 2. The quantitative estimate of drug-likeness (QED) is 0.671. The van der Waals surface area contributed by atoms with E-state index in [0.29, 0.717) is 49.2 Å². The molecule has 138 valence electrons. The summed E-state index contributed by atoms with van der Waals surface area (Å²) in [6.45, 7) is 9.52. The first kappa shape index (κ1) is 19.1. The molecule has 0 aromatic heterocycles. The number of carbonyl (C=O) groups is 1. The van der Waals surface area contributed by atoms with Gasteiger partial charge in [-0.2, -0.15) is 0 Å². The molecule has 1 aliphatic rings. The average molecular weight is 348 g/mol. The van der Waals surface area contributed by atoms with Crippen LogP contribution in [-0.2, 0) is 0 Å². The highest BCUT2D eigenvalue weighted by molar-refractivity contribution is 5.95. The maximum absolute atomic E-state index is 12.6. The molecule has 0 fully saturated rings. The smallest absolute Gasteiger partial charge is 0.251 e. The molecule has 0 aliphatic carbocycles. The highest BCUT2D eigenvalue weighted by Gasteiger charge is 2.18. The molecule has 6 nitrogen and oxygen atoms in total. The predicted octanol–water partition coefficient (Wildman–Crippen LogP) is 2.53. The minimum atomic E-state index is -0.149. The molecular weight excluding hydrogens is 320 g/mol. The van der Waals surface area contributed by atoms with Gasteiger partial charge in [0.2, 0.25) is 5.75 Å². The van der Waals surface area contributed by atoms with Crippen LogP contribution < -0.4 is 24.8 Å². The molecule has 1 aromatic rings. The molecule has 1 heterocycles. The van der Waals surface area contributed by atoms with Crippen LogP contribution in [-0.4, -0.2) is 45.4 Å². The van der Waals surface area contributed by atoms with Gasteiger partial charge in [-0.25, -0.2) is 0 Å². The zero-order valence-corrected chi connectivity index (χ0v) is 15.3. The van der Waals surface area contributed by atoms with Crippen molar-refractivity contribution in [3.63, 3.8) is 0 Å². The van der Waals surface area contributed by atoms with Gasteiger partial charge >= 0.3 is 0 Å². The molecular formula is C19H28N2O4. The minimum absolute atomic E-state index is 0.149. The van der Waals surface area contributed by atoms with E-state index in [1.165, 1.54) is 5.57 Å². The number of carbonyl (C=O) groups excluding carboxylic acids is 1. The van der Waals surface area contributed by atoms with Crippen LogP contribution in [0, 0.1) is 0 Å². The van der Waals surface area contributed by atoms with Crippen LogP contribution in [0.3, 0.4) is 0 Å². The topological polar surface area (TPSA) is 68.8 Å². The standard InChI is InChI=1S/C19H28N2O4/c1-4-23-16-11-15(12-17(24-5-2)18(16)25-6-3)19(22)21-13-14-7-9-20-10-8-14/h7,11-12,20H,4-6,8-10,13H2,1-3H3,(H,21,22). The van der Waals surface area contributed by atoms with E-state index in [9.17, 15) is 4.79 Å². The second-order valence-electron chi connectivity index (χ2n) is 5.60. The van der Waals surface area contributed by atoms with Gasteiger partial charge in [0.1, 0.15) is 0 Å². The van der Waals surface area contributed by atoms with Gasteiger partial charge in [0.25, 0.3) is 5.91 Å². The second kappa shape index (κ2) is 9.93. The Morgan fingerprint density at radius 2 is 1.72 bits per heavy atom. The lowest BCUT2D eigenvalue weighted by molar-refractivity contribution is 0.0955. The molecule has 0 unspecified atom stereocenters. The lowest BCUT2D eigenvalue weighted by Gasteiger charge is -2.18. The number of ether oxygens (including phenoxy) is 3. The summed E-state index contributed by atoms with van der Waals surface area (Å²) in [7, 11) is 0. The van der Waals surface area contributed by atoms with E-state index in [4.69, 9.17) is 14.2 Å². The van der Waals surface area contributed by atoms with Gasteiger partial charge in [0.05, 0.1) is 19.8 Å². The Labute approximate surface area is 149 Å². The van der Waals surface area contributed by atoms with Crippen LogP contribution in [0.25, 0.3) is 0 Å². The first-order chi connectivity index (χ1) is 12.2. The van der Waals surface area contributed by atoms with E-state index in [0.717, 1.165) is 19.5 Å². The van der Waals surface area contributed by atoms with Gasteiger partial charge in [-0.3, -0.25) is 4.79 Å². The van der Waals surface area contributed by atoms with E-state index in [-0.39, 0.29) is 5.91 Å². The monoisotopic (exact) mass is 348 g/mol. The molecule has 1 aliphatic heterocycles. The van der Waals surface area contributed by atoms with Gasteiger partial charge < -0.3 is 24.8 Å². The molecule has 1 aromatic carbocycles. The van der Waals surface area contributed by atoms with Crippen molar-refractivity contribution in [3.05, 3.63) is 29.3 Å². The van der Waals surface area contributed by atoms with E-state index >= 15 is 0 Å². The Morgan fingerprint density at radius 3 is 2.24 bits per heavy atom. The largest absolute Gasteiger partial charge is 0.490 e. The number of amides is 1. The number of hydrogen-bond donors (Lipinski definition) is 2. The van der Waals surface area contributed by atoms with Gasteiger partial charge in [-0.1, -0.05) is 11.6 Å². The fraction of sp³-hybridized carbons (Fsp3) is 0.526. The molecule has 0 bridgehead atoms. The number of hydrogen-bond acceptors (Lipinski definition) is 5. The van der Waals surface area contributed by atoms with Gasteiger partial charge in [0.15, 0.2) is 11.5 Å². The summed E-state index contributed by atoms with van der Waals surface area (Å²) in [5.41, 5.74) is 1.75. The third-order valence-corrected chi connectivity index (χ3v) is 3.81. The van der Waals surface area contributed by atoms with Gasteiger partial charge in [-0.15, -0.1) is 0 Å². The lowest BCUT2D eigenvalue weighted by atomic mass is 10.1. The zero-order valence-electron chi connectivity index (χ0n) is 15.3. The Balaban J connectivity index is 2.19. The summed E-state index contributed by atoms with van der Waals surface area (Å²) in [6, 6.07) is 3.42. The summed E-state index contributed by atoms with van der Waals surface area (Å²) in [4.78, 5) is 12.6. The molecule has 6 heteroatoms. The number of rotatable bonds is 9. The van der Waals surface area contributed by atoms with Crippen molar-refractivity contribution in [1.82, 2.24) is 10.6 Å². The molecule has 2 rings (SSSR count). The van der Waals surface area contributed by atoms with Crippen LogP contribution >= 0.6 is 0 Å². The summed E-state index contributed by atoms with van der Waals surface area (Å²) >= 11 is 0. The van der Waals surface area contributed by atoms with Crippen LogP contribution in [0.1, 0.15) is 37.6 Å². The van der Waals surface area contributed by atoms with Crippen molar-refractivity contribution in [3.8, 4) is 17.2 Å². The van der Waals surface area contributed by atoms with Crippen LogP contribution in [0.4, 0.5) is 0 Å². The maximum Gasteiger partial charge on any atom is 0.251 e. The van der Waals surface area contributed by atoms with Crippen molar-refractivity contribution in [1.29, 1.82) is 0 Å². The van der Waals surface area contributed by atoms with Gasteiger partial charge in [-0.05, 0) is 45.9 Å². The second-order valence-corrected chi connectivity index (χ2v) is 5.60. The van der Waals surface area contributed by atoms with Crippen molar-refractivity contribution in [2.45, 2.75) is 27.2 Å². The van der Waals surface area contributed by atoms with E-state index in [2.05, 4.69) is 16.7 Å². The van der Waals surface area contributed by atoms with Crippen LogP contribution in [0.2, 0.25) is 0 Å². The highest BCUT2D eigenvalue weighted by atomic mass is 16.5. The molecule has 25 heavy (non-hydrogen) atoms. The normalized spacial score (nSPS) is 13.8. The highest BCUT2D eigenvalue weighted by Crippen LogP contribution is 2.39. The van der Waals surface area contributed by atoms with Crippen molar-refractivity contribution < 1.29 is 19.0 Å². The fourth-order valence-corrected chi connectivity index (χ4v) is 2.65. The van der Waals surface area contributed by atoms with Crippen molar-refractivity contribution in [2.24, 2.45) is 0 Å². The Kier molecular flexibility index (Phi) is 7.60. The molecule has 0 saturated heterocycles. The summed E-state index contributed by atoms with van der Waals surface area (Å²) in [5.74, 6) is 1.45.